The Labute approximate surface area is 49.8 Å². The highest BCUT2D eigenvalue weighted by Gasteiger charge is 1.62. The van der Waals surface area contributed by atoms with Gasteiger partial charge in [0.2, 0.25) is 0 Å². The third kappa shape index (κ3) is 5.21. The van der Waals surface area contributed by atoms with Crippen molar-refractivity contribution >= 4 is 6.21 Å². The Morgan fingerprint density at radius 3 is 3.00 bits per heavy atom. The summed E-state index contributed by atoms with van der Waals surface area (Å²) >= 11 is 0. The van der Waals surface area contributed by atoms with E-state index < -0.39 is 0 Å². The van der Waals surface area contributed by atoms with Crippen LogP contribution in [-0.2, 0) is 4.84 Å². The molecule has 0 saturated carbocycles. The normalized spacial score (nSPS) is 11.2. The molecule has 0 N–H and O–H groups in total. The fourth-order valence-electron chi connectivity index (χ4n) is 0.253. The summed E-state index contributed by atoms with van der Waals surface area (Å²) in [6.07, 6.45) is 6.04. The summed E-state index contributed by atoms with van der Waals surface area (Å²) in [6, 6.07) is 0. The van der Waals surface area contributed by atoms with E-state index in [2.05, 4.69) is 16.9 Å². The van der Waals surface area contributed by atoms with Gasteiger partial charge in [0.05, 0.1) is 6.21 Å². The summed E-state index contributed by atoms with van der Waals surface area (Å²) in [7, 11) is 1.51. The number of rotatable bonds is 3. The van der Waals surface area contributed by atoms with Crippen molar-refractivity contribution in [3.8, 4) is 0 Å². The summed E-state index contributed by atoms with van der Waals surface area (Å²) in [4.78, 5) is 4.39. The second kappa shape index (κ2) is 6.21. The molecule has 0 heterocycles. The van der Waals surface area contributed by atoms with Crippen LogP contribution in [0, 0.1) is 6.92 Å². The number of oxime groups is 1. The summed E-state index contributed by atoms with van der Waals surface area (Å²) in [6.45, 7) is 3.59. The van der Waals surface area contributed by atoms with Gasteiger partial charge < -0.3 is 4.84 Å². The Morgan fingerprint density at radius 2 is 2.50 bits per heavy atom. The second-order valence-corrected chi connectivity index (χ2v) is 1.15. The summed E-state index contributed by atoms with van der Waals surface area (Å²) in [5.41, 5.74) is 0. The van der Waals surface area contributed by atoms with Gasteiger partial charge in [-0.05, 0) is 19.4 Å². The van der Waals surface area contributed by atoms with Crippen molar-refractivity contribution in [1.82, 2.24) is 0 Å². The Bertz CT molecular complexity index is 74.5. The van der Waals surface area contributed by atoms with Crippen LogP contribution in [0.2, 0.25) is 0 Å². The lowest BCUT2D eigenvalue weighted by Crippen LogP contribution is -1.67. The fraction of sp³-hybridized carbons (Fsp3) is 0.333. The smallest absolute Gasteiger partial charge is 0.106 e. The van der Waals surface area contributed by atoms with Gasteiger partial charge in [-0.3, -0.25) is 0 Å². The minimum Gasteiger partial charge on any atom is -0.399 e. The van der Waals surface area contributed by atoms with Gasteiger partial charge in [0.15, 0.2) is 0 Å². The van der Waals surface area contributed by atoms with E-state index in [1.54, 1.807) is 12.3 Å². The van der Waals surface area contributed by atoms with Crippen LogP contribution in [0.3, 0.4) is 0 Å². The largest absolute Gasteiger partial charge is 0.399 e. The summed E-state index contributed by atoms with van der Waals surface area (Å²) < 4.78 is 0. The molecular formula is C6H10NO. The molecule has 0 aromatic heterocycles. The second-order valence-electron chi connectivity index (χ2n) is 1.15. The quantitative estimate of drug-likeness (QED) is 0.399. The maximum Gasteiger partial charge on any atom is 0.106 e. The van der Waals surface area contributed by atoms with Crippen LogP contribution in [0.4, 0.5) is 0 Å². The molecule has 0 unspecified atom stereocenters. The van der Waals surface area contributed by atoms with Crippen molar-refractivity contribution in [3.63, 3.8) is 0 Å². The van der Waals surface area contributed by atoms with Crippen LogP contribution in [0.5, 0.6) is 0 Å². The van der Waals surface area contributed by atoms with E-state index in [-0.39, 0.29) is 0 Å². The average molecular weight is 112 g/mol. The molecule has 0 aliphatic heterocycles. The zero-order valence-electron chi connectivity index (χ0n) is 5.00. The highest BCUT2D eigenvalue weighted by Crippen LogP contribution is 1.74. The van der Waals surface area contributed by atoms with Crippen molar-refractivity contribution in [2.45, 2.75) is 6.42 Å². The van der Waals surface area contributed by atoms with E-state index in [9.17, 15) is 0 Å². The fourth-order valence-corrected chi connectivity index (χ4v) is 0.253. The van der Waals surface area contributed by atoms with Crippen molar-refractivity contribution < 1.29 is 4.84 Å². The molecule has 2 nitrogen and oxygen atoms in total. The van der Waals surface area contributed by atoms with Gasteiger partial charge >= 0.3 is 0 Å². The first kappa shape index (κ1) is 7.21. The van der Waals surface area contributed by atoms with Crippen LogP contribution >= 0.6 is 0 Å². The lowest BCUT2D eigenvalue weighted by atomic mass is 10.4. The van der Waals surface area contributed by atoms with E-state index in [1.807, 2.05) is 6.08 Å². The van der Waals surface area contributed by atoms with Gasteiger partial charge in [0.25, 0.3) is 0 Å². The predicted molar refractivity (Wildman–Crippen MR) is 34.6 cm³/mol. The maximum atomic E-state index is 4.39. The van der Waals surface area contributed by atoms with Crippen LogP contribution in [0.15, 0.2) is 17.3 Å². The molecule has 2 heteroatoms. The molecule has 0 rings (SSSR count). The Morgan fingerprint density at radius 1 is 1.75 bits per heavy atom. The molecule has 1 radical (unpaired) electrons. The Kier molecular flexibility index (Phi) is 5.60. The molecule has 0 spiro atoms. The first-order valence-corrected chi connectivity index (χ1v) is 2.42. The van der Waals surface area contributed by atoms with Crippen LogP contribution in [0.1, 0.15) is 6.42 Å². The van der Waals surface area contributed by atoms with E-state index in [0.29, 0.717) is 0 Å². The van der Waals surface area contributed by atoms with E-state index >= 15 is 0 Å². The molecule has 0 saturated heterocycles. The SMILES string of the molecule is [CH2]C/C=C/C=N/OC. The molecule has 0 bridgehead atoms. The summed E-state index contributed by atoms with van der Waals surface area (Å²) in [5, 5.41) is 3.47. The highest BCUT2D eigenvalue weighted by molar-refractivity contribution is 5.70. The molecule has 0 aromatic carbocycles. The topological polar surface area (TPSA) is 21.6 Å². The molecule has 8 heavy (non-hydrogen) atoms. The third-order valence-electron chi connectivity index (χ3n) is 0.555. The monoisotopic (exact) mass is 112 g/mol. The van der Waals surface area contributed by atoms with Gasteiger partial charge in [0, 0.05) is 0 Å². The lowest BCUT2D eigenvalue weighted by molar-refractivity contribution is 0.215. The molecule has 0 aliphatic carbocycles. The van der Waals surface area contributed by atoms with Crippen LogP contribution in [-0.4, -0.2) is 13.3 Å². The van der Waals surface area contributed by atoms with Crippen molar-refractivity contribution in [2.24, 2.45) is 5.16 Å². The lowest BCUT2D eigenvalue weighted by Gasteiger charge is -1.78. The highest BCUT2D eigenvalue weighted by atomic mass is 16.6. The Balaban J connectivity index is 3.13. The van der Waals surface area contributed by atoms with Gasteiger partial charge in [0.1, 0.15) is 7.11 Å². The number of hydrogen-bond acceptors (Lipinski definition) is 2. The van der Waals surface area contributed by atoms with E-state index in [1.165, 1.54) is 7.11 Å². The Hall–Kier alpha value is -0.790. The molecule has 0 atom stereocenters. The first-order chi connectivity index (χ1) is 3.91. The molecule has 0 aromatic rings. The van der Waals surface area contributed by atoms with Crippen molar-refractivity contribution in [3.05, 3.63) is 19.1 Å². The van der Waals surface area contributed by atoms with Crippen molar-refractivity contribution in [2.75, 3.05) is 7.11 Å². The standard InChI is InChI=1S/C6H10NO/c1-3-4-5-6-7-8-2/h4-6H,1,3H2,2H3/b5-4+,7-6+. The minimum absolute atomic E-state index is 0.787. The van der Waals surface area contributed by atoms with Gasteiger partial charge in [-0.2, -0.15) is 0 Å². The molecule has 0 amide bonds. The van der Waals surface area contributed by atoms with E-state index in [4.69, 9.17) is 0 Å². The molecule has 45 valence electrons. The van der Waals surface area contributed by atoms with Crippen LogP contribution in [0.25, 0.3) is 0 Å². The van der Waals surface area contributed by atoms with E-state index in [0.717, 1.165) is 6.42 Å². The zero-order valence-corrected chi connectivity index (χ0v) is 5.00. The summed E-state index contributed by atoms with van der Waals surface area (Å²) in [5.74, 6) is 0. The maximum absolute atomic E-state index is 4.39. The predicted octanol–water partition coefficient (Wildman–Crippen LogP) is 1.40. The van der Waals surface area contributed by atoms with Gasteiger partial charge in [-0.25, -0.2) is 0 Å². The molecular weight excluding hydrogens is 102 g/mol. The van der Waals surface area contributed by atoms with Gasteiger partial charge in [-0.1, -0.05) is 11.2 Å². The molecule has 0 aliphatic rings. The van der Waals surface area contributed by atoms with Gasteiger partial charge in [-0.15, -0.1) is 0 Å². The van der Waals surface area contributed by atoms with Crippen LogP contribution < -0.4 is 0 Å². The molecule has 0 fully saturated rings. The zero-order chi connectivity index (χ0) is 6.24. The first-order valence-electron chi connectivity index (χ1n) is 2.42. The minimum atomic E-state index is 0.787. The number of hydrogen-bond donors (Lipinski definition) is 0. The number of nitrogens with zero attached hydrogens (tertiary/aromatic N) is 1. The average Bonchev–Trinajstić information content (AvgIpc) is 1.81. The van der Waals surface area contributed by atoms with Crippen molar-refractivity contribution in [1.29, 1.82) is 0 Å². The number of allylic oxidation sites excluding steroid dienone is 2. The third-order valence-corrected chi connectivity index (χ3v) is 0.555.